The molecule has 1 amide bonds. The summed E-state index contributed by atoms with van der Waals surface area (Å²) >= 11 is 0. The van der Waals surface area contributed by atoms with Crippen molar-refractivity contribution in [3.8, 4) is 0 Å². The topological polar surface area (TPSA) is 32.3 Å². The first-order valence-electron chi connectivity index (χ1n) is 9.96. The SMILES string of the molecule is Cc1cc2c(c(C)c1NC(=O)CC1(F)CC1)CCCN(c1ccc(F)cc1)C2. The van der Waals surface area contributed by atoms with Gasteiger partial charge in [0.25, 0.3) is 0 Å². The Balaban J connectivity index is 1.58. The van der Waals surface area contributed by atoms with Crippen LogP contribution in [0.1, 0.15) is 47.9 Å². The second kappa shape index (κ2) is 7.19. The summed E-state index contributed by atoms with van der Waals surface area (Å²) in [5, 5.41) is 2.96. The molecular formula is C23H26F2N2O. The predicted octanol–water partition coefficient (Wildman–Crippen LogP) is 5.23. The van der Waals surface area contributed by atoms with E-state index in [0.29, 0.717) is 12.8 Å². The summed E-state index contributed by atoms with van der Waals surface area (Å²) in [5.74, 6) is -0.472. The number of anilines is 2. The number of halogens is 2. The maximum Gasteiger partial charge on any atom is 0.227 e. The Labute approximate surface area is 164 Å². The van der Waals surface area contributed by atoms with Gasteiger partial charge in [0, 0.05) is 24.5 Å². The van der Waals surface area contributed by atoms with Gasteiger partial charge in [-0.2, -0.15) is 0 Å². The molecule has 5 heteroatoms. The summed E-state index contributed by atoms with van der Waals surface area (Å²) in [7, 11) is 0. The summed E-state index contributed by atoms with van der Waals surface area (Å²) in [6.45, 7) is 5.67. The zero-order chi connectivity index (χ0) is 19.9. The van der Waals surface area contributed by atoms with Crippen LogP contribution in [-0.4, -0.2) is 18.1 Å². The van der Waals surface area contributed by atoms with E-state index in [1.807, 2.05) is 26.0 Å². The van der Waals surface area contributed by atoms with E-state index < -0.39 is 5.67 Å². The number of rotatable bonds is 4. The zero-order valence-electron chi connectivity index (χ0n) is 16.4. The molecule has 0 aromatic heterocycles. The van der Waals surface area contributed by atoms with E-state index in [9.17, 15) is 13.6 Å². The van der Waals surface area contributed by atoms with Gasteiger partial charge in [-0.3, -0.25) is 4.79 Å². The molecule has 148 valence electrons. The van der Waals surface area contributed by atoms with E-state index >= 15 is 0 Å². The van der Waals surface area contributed by atoms with Crippen LogP contribution < -0.4 is 10.2 Å². The summed E-state index contributed by atoms with van der Waals surface area (Å²) in [4.78, 5) is 14.5. The van der Waals surface area contributed by atoms with Crippen LogP contribution in [-0.2, 0) is 17.8 Å². The number of nitrogens with one attached hydrogen (secondary N) is 1. The zero-order valence-corrected chi connectivity index (χ0v) is 16.4. The van der Waals surface area contributed by atoms with Crippen LogP contribution in [0.5, 0.6) is 0 Å². The minimum atomic E-state index is -1.28. The molecule has 1 heterocycles. The summed E-state index contributed by atoms with van der Waals surface area (Å²) < 4.78 is 27.2. The first-order valence-corrected chi connectivity index (χ1v) is 9.96. The van der Waals surface area contributed by atoms with Crippen molar-refractivity contribution >= 4 is 17.3 Å². The molecule has 2 aromatic rings. The standard InChI is InChI=1S/C23H26F2N2O/c1-15-12-17-14-27(19-7-5-18(24)6-8-19)11-3-4-20(17)16(2)22(15)26-21(28)13-23(25)9-10-23/h5-8,12H,3-4,9-11,13-14H2,1-2H3,(H,26,28). The van der Waals surface area contributed by atoms with Gasteiger partial charge in [0.2, 0.25) is 5.91 Å². The molecule has 0 bridgehead atoms. The maximum atomic E-state index is 13.9. The van der Waals surface area contributed by atoms with Crippen molar-refractivity contribution in [2.24, 2.45) is 0 Å². The third kappa shape index (κ3) is 3.89. The Morgan fingerprint density at radius 2 is 1.93 bits per heavy atom. The molecule has 0 atom stereocenters. The highest BCUT2D eigenvalue weighted by Crippen LogP contribution is 2.43. The van der Waals surface area contributed by atoms with E-state index in [2.05, 4.69) is 16.3 Å². The van der Waals surface area contributed by atoms with Gasteiger partial charge >= 0.3 is 0 Å². The van der Waals surface area contributed by atoms with Gasteiger partial charge in [-0.15, -0.1) is 0 Å². The monoisotopic (exact) mass is 384 g/mol. The molecule has 28 heavy (non-hydrogen) atoms. The Morgan fingerprint density at radius 3 is 2.61 bits per heavy atom. The van der Waals surface area contributed by atoms with Crippen molar-refractivity contribution < 1.29 is 13.6 Å². The average molecular weight is 384 g/mol. The van der Waals surface area contributed by atoms with E-state index in [-0.39, 0.29) is 18.1 Å². The maximum absolute atomic E-state index is 13.9. The Bertz CT molecular complexity index is 904. The van der Waals surface area contributed by atoms with Crippen molar-refractivity contribution in [1.82, 2.24) is 0 Å². The minimum Gasteiger partial charge on any atom is -0.367 e. The number of aryl methyl sites for hydroxylation is 1. The number of benzene rings is 2. The molecule has 2 aliphatic rings. The molecule has 1 aliphatic heterocycles. The second-order valence-corrected chi connectivity index (χ2v) is 8.21. The first kappa shape index (κ1) is 18.9. The van der Waals surface area contributed by atoms with Crippen LogP contribution in [0.25, 0.3) is 0 Å². The molecule has 0 spiro atoms. The summed E-state index contributed by atoms with van der Waals surface area (Å²) in [6.07, 6.45) is 2.83. The van der Waals surface area contributed by atoms with E-state index in [1.54, 1.807) is 0 Å². The van der Waals surface area contributed by atoms with Gasteiger partial charge in [0.05, 0.1) is 6.42 Å². The number of alkyl halides is 1. The van der Waals surface area contributed by atoms with Crippen molar-refractivity contribution in [1.29, 1.82) is 0 Å². The molecule has 1 aliphatic carbocycles. The Morgan fingerprint density at radius 1 is 1.21 bits per heavy atom. The predicted molar refractivity (Wildman–Crippen MR) is 108 cm³/mol. The number of nitrogens with zero attached hydrogens (tertiary/aromatic N) is 1. The van der Waals surface area contributed by atoms with Crippen molar-refractivity contribution in [2.75, 3.05) is 16.8 Å². The lowest BCUT2D eigenvalue weighted by Gasteiger charge is -2.24. The van der Waals surface area contributed by atoms with Crippen LogP contribution in [0.15, 0.2) is 30.3 Å². The highest BCUT2D eigenvalue weighted by molar-refractivity contribution is 5.93. The molecule has 0 unspecified atom stereocenters. The minimum absolute atomic E-state index is 0.0543. The van der Waals surface area contributed by atoms with Crippen LogP contribution in [0, 0.1) is 19.7 Å². The number of hydrogen-bond acceptors (Lipinski definition) is 2. The lowest BCUT2D eigenvalue weighted by Crippen LogP contribution is -2.22. The van der Waals surface area contributed by atoms with E-state index in [0.717, 1.165) is 48.4 Å². The molecule has 2 aromatic carbocycles. The van der Waals surface area contributed by atoms with Gasteiger partial charge in [0.1, 0.15) is 11.5 Å². The van der Waals surface area contributed by atoms with Crippen molar-refractivity contribution in [3.63, 3.8) is 0 Å². The van der Waals surface area contributed by atoms with Crippen molar-refractivity contribution in [3.05, 3.63) is 58.4 Å². The molecule has 0 radical (unpaired) electrons. The number of carbonyl (C=O) groups is 1. The van der Waals surface area contributed by atoms with Crippen LogP contribution in [0.2, 0.25) is 0 Å². The number of amides is 1. The number of hydrogen-bond donors (Lipinski definition) is 1. The molecule has 0 saturated heterocycles. The first-order chi connectivity index (χ1) is 13.3. The molecule has 3 nitrogen and oxygen atoms in total. The smallest absolute Gasteiger partial charge is 0.227 e. The van der Waals surface area contributed by atoms with Crippen molar-refractivity contribution in [2.45, 2.75) is 58.2 Å². The fraction of sp³-hybridized carbons (Fsp3) is 0.435. The lowest BCUT2D eigenvalue weighted by molar-refractivity contribution is -0.117. The van der Waals surface area contributed by atoms with E-state index in [4.69, 9.17) is 0 Å². The summed E-state index contributed by atoms with van der Waals surface area (Å²) in [6, 6.07) is 8.75. The van der Waals surface area contributed by atoms with Gasteiger partial charge < -0.3 is 10.2 Å². The molecule has 1 saturated carbocycles. The Kier molecular flexibility index (Phi) is 4.86. The third-order valence-corrected chi connectivity index (χ3v) is 5.94. The quantitative estimate of drug-likeness (QED) is 0.783. The van der Waals surface area contributed by atoms with Gasteiger partial charge in [-0.1, -0.05) is 6.07 Å². The Hall–Kier alpha value is -2.43. The van der Waals surface area contributed by atoms with Crippen LogP contribution >= 0.6 is 0 Å². The van der Waals surface area contributed by atoms with Crippen LogP contribution in [0.4, 0.5) is 20.2 Å². The third-order valence-electron chi connectivity index (χ3n) is 5.94. The summed E-state index contributed by atoms with van der Waals surface area (Å²) in [5.41, 5.74) is 5.11. The highest BCUT2D eigenvalue weighted by Gasteiger charge is 2.45. The number of carbonyl (C=O) groups excluding carboxylic acids is 1. The average Bonchev–Trinajstić information content (AvgIpc) is 3.40. The van der Waals surface area contributed by atoms with Gasteiger partial charge in [0.15, 0.2) is 0 Å². The van der Waals surface area contributed by atoms with E-state index in [1.165, 1.54) is 23.3 Å². The van der Waals surface area contributed by atoms with Crippen LogP contribution in [0.3, 0.4) is 0 Å². The normalized spacial score (nSPS) is 17.6. The largest absolute Gasteiger partial charge is 0.367 e. The second-order valence-electron chi connectivity index (χ2n) is 8.21. The molecule has 1 fully saturated rings. The number of fused-ring (bicyclic) bond motifs is 1. The van der Waals surface area contributed by atoms with Gasteiger partial charge in [-0.25, -0.2) is 8.78 Å². The fourth-order valence-electron chi connectivity index (χ4n) is 4.18. The molecule has 1 N–H and O–H groups in total. The molecular weight excluding hydrogens is 358 g/mol. The lowest BCUT2D eigenvalue weighted by atomic mass is 9.94. The fourth-order valence-corrected chi connectivity index (χ4v) is 4.18. The molecule has 4 rings (SSSR count). The highest BCUT2D eigenvalue weighted by atomic mass is 19.1. The van der Waals surface area contributed by atoms with Gasteiger partial charge in [-0.05, 0) is 86.1 Å².